The number of hydrogen-bond acceptors (Lipinski definition) is 1. The fourth-order valence-electron chi connectivity index (χ4n) is 4.02. The van der Waals surface area contributed by atoms with Crippen molar-refractivity contribution in [1.82, 2.24) is 0 Å². The van der Waals surface area contributed by atoms with Gasteiger partial charge in [-0.2, -0.15) is 0 Å². The van der Waals surface area contributed by atoms with Crippen molar-refractivity contribution in [3.63, 3.8) is 0 Å². The molecule has 2 rings (SSSR count). The number of ketones is 1. The molecule has 0 aromatic rings. The maximum atomic E-state index is 12.1. The van der Waals surface area contributed by atoms with Crippen LogP contribution in [0.2, 0.25) is 0 Å². The normalized spacial score (nSPS) is 40.1. The third kappa shape index (κ3) is 2.11. The Balaban J connectivity index is 2.05. The van der Waals surface area contributed by atoms with Crippen LogP contribution in [0.5, 0.6) is 0 Å². The lowest BCUT2D eigenvalue weighted by Crippen LogP contribution is -2.27. The van der Waals surface area contributed by atoms with Gasteiger partial charge >= 0.3 is 0 Å². The van der Waals surface area contributed by atoms with E-state index in [1.807, 2.05) is 0 Å². The number of fused-ring (bicyclic) bond motifs is 1. The first kappa shape index (κ1) is 11.2. The SMILES string of the molecule is CCCC(=O)C1C(C)C[C@@H]2CCCC[C@H]12. The van der Waals surface area contributed by atoms with Crippen molar-refractivity contribution in [2.75, 3.05) is 0 Å². The van der Waals surface area contributed by atoms with Crippen molar-refractivity contribution in [2.45, 2.75) is 58.8 Å². The van der Waals surface area contributed by atoms with Gasteiger partial charge in [-0.1, -0.05) is 33.1 Å². The van der Waals surface area contributed by atoms with Crippen molar-refractivity contribution in [2.24, 2.45) is 23.7 Å². The van der Waals surface area contributed by atoms with Crippen LogP contribution in [-0.2, 0) is 4.79 Å². The van der Waals surface area contributed by atoms with E-state index in [1.165, 1.54) is 32.1 Å². The van der Waals surface area contributed by atoms with Crippen LogP contribution in [0.25, 0.3) is 0 Å². The lowest BCUT2D eigenvalue weighted by Gasteiger charge is -2.29. The number of carbonyl (C=O) groups is 1. The highest BCUT2D eigenvalue weighted by atomic mass is 16.1. The molecule has 0 aromatic carbocycles. The maximum Gasteiger partial charge on any atom is 0.136 e. The summed E-state index contributed by atoms with van der Waals surface area (Å²) in [6.45, 7) is 4.42. The second-order valence-electron chi connectivity index (χ2n) is 5.66. The summed E-state index contributed by atoms with van der Waals surface area (Å²) in [5.74, 6) is 3.30. The Morgan fingerprint density at radius 1 is 1.27 bits per heavy atom. The Morgan fingerprint density at radius 3 is 2.73 bits per heavy atom. The maximum absolute atomic E-state index is 12.1. The summed E-state index contributed by atoms with van der Waals surface area (Å²) in [6.07, 6.45) is 8.66. The second-order valence-corrected chi connectivity index (χ2v) is 5.66. The molecule has 2 fully saturated rings. The molecule has 0 radical (unpaired) electrons. The first-order chi connectivity index (χ1) is 7.24. The summed E-state index contributed by atoms with van der Waals surface area (Å²) in [7, 11) is 0. The zero-order chi connectivity index (χ0) is 10.8. The molecular weight excluding hydrogens is 184 g/mol. The Kier molecular flexibility index (Phi) is 3.48. The topological polar surface area (TPSA) is 17.1 Å². The molecule has 86 valence electrons. The van der Waals surface area contributed by atoms with E-state index in [0.29, 0.717) is 17.6 Å². The van der Waals surface area contributed by atoms with Gasteiger partial charge in [0.05, 0.1) is 0 Å². The van der Waals surface area contributed by atoms with Gasteiger partial charge in [0, 0.05) is 12.3 Å². The van der Waals surface area contributed by atoms with E-state index >= 15 is 0 Å². The third-order valence-corrected chi connectivity index (χ3v) is 4.58. The van der Waals surface area contributed by atoms with Crippen LogP contribution in [-0.4, -0.2) is 5.78 Å². The minimum atomic E-state index is 0.426. The highest BCUT2D eigenvalue weighted by Gasteiger charge is 2.44. The van der Waals surface area contributed by atoms with E-state index in [1.54, 1.807) is 0 Å². The van der Waals surface area contributed by atoms with E-state index in [0.717, 1.165) is 24.7 Å². The van der Waals surface area contributed by atoms with E-state index in [9.17, 15) is 4.79 Å². The van der Waals surface area contributed by atoms with Crippen molar-refractivity contribution >= 4 is 5.78 Å². The Labute approximate surface area is 93.6 Å². The lowest BCUT2D eigenvalue weighted by atomic mass is 9.75. The second kappa shape index (κ2) is 4.67. The number of carbonyl (C=O) groups excluding carboxylic acids is 1. The number of Topliss-reactive ketones (excluding diaryl/α,β-unsaturated/α-hetero) is 1. The standard InChI is InChI=1S/C14H24O/c1-3-6-13(15)14-10(2)9-11-7-4-5-8-12(11)14/h10-12,14H,3-9H2,1-2H3/t10?,11-,12-,14?/m0/s1. The van der Waals surface area contributed by atoms with Gasteiger partial charge in [0.2, 0.25) is 0 Å². The van der Waals surface area contributed by atoms with E-state index in [-0.39, 0.29) is 0 Å². The summed E-state index contributed by atoms with van der Waals surface area (Å²) in [5.41, 5.74) is 0. The monoisotopic (exact) mass is 208 g/mol. The van der Waals surface area contributed by atoms with Crippen molar-refractivity contribution in [3.8, 4) is 0 Å². The predicted molar refractivity (Wildman–Crippen MR) is 62.6 cm³/mol. The van der Waals surface area contributed by atoms with Gasteiger partial charge in [0.15, 0.2) is 0 Å². The molecule has 2 saturated carbocycles. The average Bonchev–Trinajstić information content (AvgIpc) is 2.54. The molecule has 2 aliphatic rings. The van der Waals surface area contributed by atoms with Gasteiger partial charge in [-0.3, -0.25) is 4.79 Å². The molecule has 0 N–H and O–H groups in total. The van der Waals surface area contributed by atoms with Gasteiger partial charge < -0.3 is 0 Å². The summed E-state index contributed by atoms with van der Waals surface area (Å²) < 4.78 is 0. The van der Waals surface area contributed by atoms with Gasteiger partial charge in [0.1, 0.15) is 5.78 Å². The van der Waals surface area contributed by atoms with Crippen LogP contribution in [0.1, 0.15) is 58.8 Å². The lowest BCUT2D eigenvalue weighted by molar-refractivity contribution is -0.125. The summed E-state index contributed by atoms with van der Waals surface area (Å²) in [4.78, 5) is 12.1. The number of rotatable bonds is 3. The van der Waals surface area contributed by atoms with Gasteiger partial charge in [0.25, 0.3) is 0 Å². The molecule has 0 bridgehead atoms. The molecular formula is C14H24O. The molecule has 1 heteroatoms. The Hall–Kier alpha value is -0.330. The first-order valence-corrected chi connectivity index (χ1v) is 6.76. The smallest absolute Gasteiger partial charge is 0.136 e. The molecule has 0 heterocycles. The first-order valence-electron chi connectivity index (χ1n) is 6.76. The van der Waals surface area contributed by atoms with Crippen LogP contribution in [0.4, 0.5) is 0 Å². The molecule has 0 amide bonds. The Morgan fingerprint density at radius 2 is 2.00 bits per heavy atom. The van der Waals surface area contributed by atoms with Crippen LogP contribution < -0.4 is 0 Å². The van der Waals surface area contributed by atoms with E-state index in [4.69, 9.17) is 0 Å². The van der Waals surface area contributed by atoms with Crippen LogP contribution in [0.15, 0.2) is 0 Å². The molecule has 15 heavy (non-hydrogen) atoms. The van der Waals surface area contributed by atoms with Crippen molar-refractivity contribution < 1.29 is 4.79 Å². The minimum absolute atomic E-state index is 0.426. The highest BCUT2D eigenvalue weighted by molar-refractivity contribution is 5.81. The van der Waals surface area contributed by atoms with E-state index < -0.39 is 0 Å². The van der Waals surface area contributed by atoms with E-state index in [2.05, 4.69) is 13.8 Å². The van der Waals surface area contributed by atoms with Gasteiger partial charge in [-0.25, -0.2) is 0 Å². The van der Waals surface area contributed by atoms with Gasteiger partial charge in [-0.05, 0) is 37.0 Å². The molecule has 0 aromatic heterocycles. The third-order valence-electron chi connectivity index (χ3n) is 4.58. The summed E-state index contributed by atoms with van der Waals surface area (Å²) >= 11 is 0. The average molecular weight is 208 g/mol. The minimum Gasteiger partial charge on any atom is -0.299 e. The highest BCUT2D eigenvalue weighted by Crippen LogP contribution is 2.49. The molecule has 2 unspecified atom stereocenters. The molecule has 4 atom stereocenters. The van der Waals surface area contributed by atoms with Crippen molar-refractivity contribution in [1.29, 1.82) is 0 Å². The fourth-order valence-corrected chi connectivity index (χ4v) is 4.02. The summed E-state index contributed by atoms with van der Waals surface area (Å²) in [6, 6.07) is 0. The Bertz CT molecular complexity index is 233. The quantitative estimate of drug-likeness (QED) is 0.689. The fraction of sp³-hybridized carbons (Fsp3) is 0.929. The molecule has 0 aliphatic heterocycles. The molecule has 0 saturated heterocycles. The predicted octanol–water partition coefficient (Wildman–Crippen LogP) is 3.82. The van der Waals surface area contributed by atoms with Crippen molar-refractivity contribution in [3.05, 3.63) is 0 Å². The summed E-state index contributed by atoms with van der Waals surface area (Å²) in [5, 5.41) is 0. The van der Waals surface area contributed by atoms with Crippen LogP contribution >= 0.6 is 0 Å². The van der Waals surface area contributed by atoms with Crippen LogP contribution in [0, 0.1) is 23.7 Å². The van der Waals surface area contributed by atoms with Crippen LogP contribution in [0.3, 0.4) is 0 Å². The molecule has 1 nitrogen and oxygen atoms in total. The zero-order valence-electron chi connectivity index (χ0n) is 10.2. The largest absolute Gasteiger partial charge is 0.299 e. The zero-order valence-corrected chi connectivity index (χ0v) is 10.2. The van der Waals surface area contributed by atoms with Gasteiger partial charge in [-0.15, -0.1) is 0 Å². The number of hydrogen-bond donors (Lipinski definition) is 0. The molecule has 2 aliphatic carbocycles. The molecule has 0 spiro atoms.